The number of nitrogens with one attached hydrogen (secondary N) is 3. The lowest BCUT2D eigenvalue weighted by molar-refractivity contribution is -0.165. The van der Waals surface area contributed by atoms with Crippen molar-refractivity contribution in [1.82, 2.24) is 30.2 Å². The van der Waals surface area contributed by atoms with Crippen LogP contribution in [0.2, 0.25) is 0 Å². The molecule has 6 atom stereocenters. The molecule has 2 aliphatic rings. The number of carbonyl (C=O) groups is 8. The molecule has 1 fully saturated rings. The van der Waals surface area contributed by atoms with Gasteiger partial charge in [0.05, 0.1) is 32.2 Å². The molecule has 0 aromatic heterocycles. The molecular weight excluding hydrogens is 1070 g/mol. The molecular formula is C65H91N7O12. The van der Waals surface area contributed by atoms with Gasteiger partial charge in [-0.3, -0.25) is 33.7 Å². The van der Waals surface area contributed by atoms with E-state index in [0.29, 0.717) is 73.5 Å². The number of ketones is 1. The minimum Gasteiger partial charge on any atom is -0.493 e. The van der Waals surface area contributed by atoms with E-state index in [1.807, 2.05) is 63.4 Å². The monoisotopic (exact) mass is 1160 g/mol. The van der Waals surface area contributed by atoms with Crippen molar-refractivity contribution >= 4 is 52.9 Å². The van der Waals surface area contributed by atoms with Gasteiger partial charge in [-0.05, 0) is 125 Å². The number of aryl methyl sites for hydroxylation is 1. The van der Waals surface area contributed by atoms with Gasteiger partial charge in [0.25, 0.3) is 5.91 Å². The second kappa shape index (κ2) is 32.5. The molecule has 2 heterocycles. The van der Waals surface area contributed by atoms with Gasteiger partial charge >= 0.3 is 11.9 Å². The van der Waals surface area contributed by atoms with Gasteiger partial charge in [0.1, 0.15) is 24.8 Å². The second-order valence-corrected chi connectivity index (χ2v) is 23.4. The maximum atomic E-state index is 14.6. The Kier molecular flexibility index (Phi) is 26.0. The van der Waals surface area contributed by atoms with Gasteiger partial charge in [0.2, 0.25) is 29.4 Å². The minimum absolute atomic E-state index is 0.0332. The molecule has 3 aromatic carbocycles. The van der Waals surface area contributed by atoms with Crippen LogP contribution in [0.3, 0.4) is 0 Å². The number of esters is 2. The number of hydrogen-bond donors (Lipinski definition) is 3. The van der Waals surface area contributed by atoms with Crippen LogP contribution in [0.5, 0.6) is 11.5 Å². The highest BCUT2D eigenvalue weighted by Crippen LogP contribution is 2.33. The van der Waals surface area contributed by atoms with Gasteiger partial charge in [-0.25, -0.2) is 9.59 Å². The molecule has 1 saturated heterocycles. The summed E-state index contributed by atoms with van der Waals surface area (Å²) in [6.07, 6.45) is 5.54. The lowest BCUT2D eigenvalue weighted by Crippen LogP contribution is -2.55. The maximum Gasteiger partial charge on any atom is 0.330 e. The topological polar surface area (TPSA) is 223 Å². The molecule has 3 N–H and O–H groups in total. The third kappa shape index (κ3) is 19.8. The van der Waals surface area contributed by atoms with E-state index in [1.165, 1.54) is 41.7 Å². The molecule has 0 spiro atoms. The maximum absolute atomic E-state index is 14.6. The molecule has 2 aliphatic heterocycles. The first kappa shape index (κ1) is 67.3. The summed E-state index contributed by atoms with van der Waals surface area (Å²) in [6, 6.07) is 19.6. The summed E-state index contributed by atoms with van der Waals surface area (Å²) in [6.45, 7) is 15.9. The fourth-order valence-corrected chi connectivity index (χ4v) is 10.6. The Morgan fingerprint density at radius 3 is 2.24 bits per heavy atom. The van der Waals surface area contributed by atoms with Crippen LogP contribution in [-0.4, -0.2) is 159 Å². The SMILES string of the molecule is C=C1NCC(=O)N(C)CC/C=C\C(=O)OCC(C)(C)C(=O)C(=O)N2CCCC[C@H]2C(=O)O[C@H](CCc2ccc(OC)c(OC)c2)c2cccc(c2)NC(=O)CCC(=O)N(C)[C@@H](CC(C)C)C(=O)N[C@H](Cc2ccccc2)CN(C)[C@H]1[C@@H](C)CC. The van der Waals surface area contributed by atoms with E-state index in [-0.39, 0.29) is 80.9 Å². The predicted octanol–water partition coefficient (Wildman–Crippen LogP) is 7.63. The number of anilines is 1. The normalized spacial score (nSPS) is 23.1. The number of methoxy groups -OCH3 is 2. The number of Topliss-reactive ketones (excluding diaryl/α,β-unsaturated/α-hetero) is 1. The molecule has 3 aromatic rings. The Bertz CT molecular complexity index is 2780. The molecule has 84 heavy (non-hydrogen) atoms. The molecule has 5 rings (SSSR count). The summed E-state index contributed by atoms with van der Waals surface area (Å²) in [4.78, 5) is 118. The van der Waals surface area contributed by atoms with Crippen molar-refractivity contribution in [1.29, 1.82) is 0 Å². The predicted molar refractivity (Wildman–Crippen MR) is 323 cm³/mol. The molecule has 19 heteroatoms. The van der Waals surface area contributed by atoms with Gasteiger partial charge in [-0.2, -0.15) is 0 Å². The van der Waals surface area contributed by atoms with Crippen LogP contribution in [0, 0.1) is 17.3 Å². The van der Waals surface area contributed by atoms with Crippen LogP contribution in [-0.2, 0) is 60.7 Å². The molecule has 2 bridgehead atoms. The third-order valence-corrected chi connectivity index (χ3v) is 15.8. The van der Waals surface area contributed by atoms with Gasteiger partial charge in [-0.1, -0.05) is 95.3 Å². The van der Waals surface area contributed by atoms with Gasteiger partial charge in [0, 0.05) is 70.1 Å². The molecule has 19 nitrogen and oxygen atoms in total. The molecule has 0 unspecified atom stereocenters. The molecule has 0 aliphatic carbocycles. The largest absolute Gasteiger partial charge is 0.493 e. The number of hydrogen-bond acceptors (Lipinski definition) is 14. The molecule has 458 valence electrons. The number of nitrogens with zero attached hydrogens (tertiary/aromatic N) is 4. The van der Waals surface area contributed by atoms with E-state index in [2.05, 4.69) is 41.3 Å². The standard InChI is InChI=1S/C65H91N7O12/c1-13-44(4)60-45(5)66-40-58(75)69(8)34-19-18-27-59(76)83-42-65(6,7)61(77)63(79)72-35-20-17-26-51(72)64(80)84-53(30-28-47-29-31-54(81-11)55(38-47)82-12)48-24-21-25-49(39-48)67-56(73)32-33-57(74)71(10)52(36-43(2)3)62(78)68-50(41-70(60)9)37-46-22-15-14-16-23-46/h14-16,18,21-25,27,29,31,38-39,43-44,50-53,60,66H,5,13,17,19-20,26,28,30,32-37,40-42H2,1-4,6-12H3,(H,67,73)(H,68,78)/b27-18-/t44-,50+,51-,52-,53+,60-/m0/s1. The zero-order chi connectivity index (χ0) is 61.7. The van der Waals surface area contributed by atoms with E-state index in [4.69, 9.17) is 18.9 Å². The Morgan fingerprint density at radius 2 is 1.55 bits per heavy atom. The van der Waals surface area contributed by atoms with Crippen molar-refractivity contribution in [2.75, 3.05) is 73.5 Å². The van der Waals surface area contributed by atoms with Gasteiger partial charge in [0.15, 0.2) is 11.5 Å². The average Bonchev–Trinajstić information content (AvgIpc) is 3.68. The van der Waals surface area contributed by atoms with Crippen molar-refractivity contribution in [3.63, 3.8) is 0 Å². The molecule has 0 saturated carbocycles. The summed E-state index contributed by atoms with van der Waals surface area (Å²) in [5, 5.41) is 9.48. The average molecular weight is 1160 g/mol. The van der Waals surface area contributed by atoms with Crippen molar-refractivity contribution in [3.8, 4) is 11.5 Å². The highest BCUT2D eigenvalue weighted by molar-refractivity contribution is 6.38. The van der Waals surface area contributed by atoms with Crippen molar-refractivity contribution < 1.29 is 57.3 Å². The number of fused-ring (bicyclic) bond motifs is 3. The van der Waals surface area contributed by atoms with Crippen LogP contribution < -0.4 is 25.4 Å². The van der Waals surface area contributed by atoms with E-state index >= 15 is 0 Å². The first-order valence-corrected chi connectivity index (χ1v) is 29.4. The Labute approximate surface area is 497 Å². The number of amides is 5. The number of cyclic esters (lactones) is 2. The number of likely N-dealkylation sites (N-methyl/N-ethyl adjacent to an activating group) is 3. The van der Waals surface area contributed by atoms with Crippen LogP contribution in [0.25, 0.3) is 0 Å². The molecule has 0 radical (unpaired) electrons. The number of rotatable bonds is 11. The second-order valence-electron chi connectivity index (χ2n) is 23.4. The number of piperidine rings is 1. The molecule has 5 amide bonds. The summed E-state index contributed by atoms with van der Waals surface area (Å²) in [5.41, 5.74) is 1.97. The highest BCUT2D eigenvalue weighted by atomic mass is 16.5. The third-order valence-electron chi connectivity index (χ3n) is 15.8. The highest BCUT2D eigenvalue weighted by Gasteiger charge is 2.43. The van der Waals surface area contributed by atoms with Crippen molar-refractivity contribution in [2.24, 2.45) is 17.3 Å². The fourth-order valence-electron chi connectivity index (χ4n) is 10.6. The number of ether oxygens (including phenoxy) is 4. The first-order chi connectivity index (χ1) is 40.0. The van der Waals surface area contributed by atoms with E-state index in [9.17, 15) is 38.4 Å². The lowest BCUT2D eigenvalue weighted by atomic mass is 9.87. The quantitative estimate of drug-likeness (QED) is 0.124. The van der Waals surface area contributed by atoms with Gasteiger partial charge in [-0.15, -0.1) is 0 Å². The smallest absolute Gasteiger partial charge is 0.330 e. The zero-order valence-electron chi connectivity index (χ0n) is 51.3. The van der Waals surface area contributed by atoms with Crippen LogP contribution in [0.1, 0.15) is 122 Å². The summed E-state index contributed by atoms with van der Waals surface area (Å²) >= 11 is 0. The minimum atomic E-state index is -1.46. The Morgan fingerprint density at radius 1 is 0.821 bits per heavy atom. The van der Waals surface area contributed by atoms with E-state index in [1.54, 1.807) is 57.6 Å². The van der Waals surface area contributed by atoms with Crippen LogP contribution in [0.15, 0.2) is 97.2 Å². The summed E-state index contributed by atoms with van der Waals surface area (Å²) in [5.74, 6) is -3.37. The van der Waals surface area contributed by atoms with E-state index < -0.39 is 65.8 Å². The summed E-state index contributed by atoms with van der Waals surface area (Å²) < 4.78 is 22.8. The fraction of sp³-hybridized carbons (Fsp3) is 0.538. The zero-order valence-corrected chi connectivity index (χ0v) is 51.3. The Hall–Kier alpha value is -7.54. The Balaban J connectivity index is 1.46. The van der Waals surface area contributed by atoms with Crippen LogP contribution in [0.4, 0.5) is 5.69 Å². The number of carbonyl (C=O) groups excluding carboxylic acids is 8. The lowest BCUT2D eigenvalue weighted by Gasteiger charge is -2.37. The summed E-state index contributed by atoms with van der Waals surface area (Å²) in [7, 11) is 8.30. The van der Waals surface area contributed by atoms with Crippen LogP contribution >= 0.6 is 0 Å². The first-order valence-electron chi connectivity index (χ1n) is 29.4. The van der Waals surface area contributed by atoms with Crippen molar-refractivity contribution in [2.45, 2.75) is 142 Å². The van der Waals surface area contributed by atoms with Gasteiger partial charge < -0.3 is 49.6 Å². The van der Waals surface area contributed by atoms with Crippen molar-refractivity contribution in [3.05, 3.63) is 114 Å². The van der Waals surface area contributed by atoms with E-state index in [0.717, 1.165) is 17.5 Å². The number of benzene rings is 3.